The highest BCUT2D eigenvalue weighted by atomic mass is 35.5. The van der Waals surface area contributed by atoms with Gasteiger partial charge in [-0.15, -0.1) is 0 Å². The van der Waals surface area contributed by atoms with Gasteiger partial charge in [0.1, 0.15) is 12.0 Å². The summed E-state index contributed by atoms with van der Waals surface area (Å²) in [6.07, 6.45) is 2.23. The monoisotopic (exact) mass is 413 g/mol. The third-order valence-corrected chi connectivity index (χ3v) is 4.88. The summed E-state index contributed by atoms with van der Waals surface area (Å²) in [7, 11) is 3.24. The van der Waals surface area contributed by atoms with Crippen LogP contribution in [0.5, 0.6) is 11.5 Å². The molecule has 7 nitrogen and oxygen atoms in total. The third-order valence-electron chi connectivity index (χ3n) is 4.47. The Bertz CT molecular complexity index is 997. The lowest BCUT2D eigenvalue weighted by molar-refractivity contribution is 0.354. The van der Waals surface area contributed by atoms with E-state index >= 15 is 0 Å². The molecule has 0 aliphatic rings. The van der Waals surface area contributed by atoms with Gasteiger partial charge in [-0.2, -0.15) is 0 Å². The average Bonchev–Trinajstić information content (AvgIpc) is 2.73. The SMILES string of the molecule is COc1ccc(CCNc2ncnc(Nc3ccc(C)c(Cl)c3)c2N)cc1OC. The quantitative estimate of drug-likeness (QED) is 0.502. The van der Waals surface area contributed by atoms with E-state index in [0.29, 0.717) is 40.4 Å². The number of halogens is 1. The van der Waals surface area contributed by atoms with E-state index in [1.165, 1.54) is 6.33 Å². The molecule has 0 saturated carbocycles. The molecule has 3 aromatic rings. The molecule has 29 heavy (non-hydrogen) atoms. The third kappa shape index (κ3) is 5.00. The van der Waals surface area contributed by atoms with Gasteiger partial charge in [-0.05, 0) is 48.7 Å². The van der Waals surface area contributed by atoms with Crippen LogP contribution in [0.2, 0.25) is 5.02 Å². The zero-order chi connectivity index (χ0) is 20.8. The number of nitrogens with zero attached hydrogens (tertiary/aromatic N) is 2. The fourth-order valence-electron chi connectivity index (χ4n) is 2.80. The topological polar surface area (TPSA) is 94.3 Å². The fraction of sp³-hybridized carbons (Fsp3) is 0.238. The zero-order valence-corrected chi connectivity index (χ0v) is 17.4. The number of nitrogen functional groups attached to an aromatic ring is 1. The first-order chi connectivity index (χ1) is 14.0. The lowest BCUT2D eigenvalue weighted by atomic mass is 10.1. The van der Waals surface area contributed by atoms with Crippen molar-refractivity contribution in [3.63, 3.8) is 0 Å². The summed E-state index contributed by atoms with van der Waals surface area (Å²) >= 11 is 6.19. The number of methoxy groups -OCH3 is 2. The van der Waals surface area contributed by atoms with E-state index in [-0.39, 0.29) is 0 Å². The molecule has 0 radical (unpaired) electrons. The normalized spacial score (nSPS) is 10.5. The van der Waals surface area contributed by atoms with Gasteiger partial charge < -0.3 is 25.8 Å². The minimum Gasteiger partial charge on any atom is -0.493 e. The number of benzene rings is 2. The van der Waals surface area contributed by atoms with Gasteiger partial charge in [-0.25, -0.2) is 9.97 Å². The van der Waals surface area contributed by atoms with Gasteiger partial charge in [-0.1, -0.05) is 23.7 Å². The van der Waals surface area contributed by atoms with Crippen LogP contribution in [0.1, 0.15) is 11.1 Å². The summed E-state index contributed by atoms with van der Waals surface area (Å²) in [5.74, 6) is 2.50. The van der Waals surface area contributed by atoms with E-state index < -0.39 is 0 Å². The minimum absolute atomic E-state index is 0.441. The lowest BCUT2D eigenvalue weighted by Gasteiger charge is -2.13. The zero-order valence-electron chi connectivity index (χ0n) is 16.6. The van der Waals surface area contributed by atoms with Crippen LogP contribution in [0.25, 0.3) is 0 Å². The Kier molecular flexibility index (Phi) is 6.61. The highest BCUT2D eigenvalue weighted by Crippen LogP contribution is 2.29. The molecule has 2 aromatic carbocycles. The molecule has 3 rings (SSSR count). The van der Waals surface area contributed by atoms with Crippen LogP contribution >= 0.6 is 11.6 Å². The molecule has 0 bridgehead atoms. The van der Waals surface area contributed by atoms with E-state index in [4.69, 9.17) is 26.8 Å². The number of rotatable bonds is 8. The van der Waals surface area contributed by atoms with Crippen molar-refractivity contribution in [2.75, 3.05) is 37.1 Å². The number of aromatic nitrogens is 2. The van der Waals surface area contributed by atoms with Crippen LogP contribution < -0.4 is 25.8 Å². The van der Waals surface area contributed by atoms with Gasteiger partial charge in [0.05, 0.1) is 14.2 Å². The van der Waals surface area contributed by atoms with Gasteiger partial charge in [0.15, 0.2) is 23.1 Å². The first-order valence-electron chi connectivity index (χ1n) is 9.10. The molecule has 0 fully saturated rings. The highest BCUT2D eigenvalue weighted by Gasteiger charge is 2.10. The molecule has 0 aliphatic carbocycles. The Hall–Kier alpha value is -3.19. The second-order valence-corrected chi connectivity index (χ2v) is 6.85. The average molecular weight is 414 g/mol. The first-order valence-corrected chi connectivity index (χ1v) is 9.48. The Morgan fingerprint density at radius 2 is 1.76 bits per heavy atom. The maximum atomic E-state index is 6.24. The van der Waals surface area contributed by atoms with E-state index in [9.17, 15) is 0 Å². The lowest BCUT2D eigenvalue weighted by Crippen LogP contribution is -2.11. The number of hydrogen-bond donors (Lipinski definition) is 3. The van der Waals surface area contributed by atoms with E-state index in [1.807, 2.05) is 43.3 Å². The van der Waals surface area contributed by atoms with Crippen molar-refractivity contribution < 1.29 is 9.47 Å². The Labute approximate surface area is 175 Å². The van der Waals surface area contributed by atoms with Crippen molar-refractivity contribution in [1.29, 1.82) is 0 Å². The molecule has 0 amide bonds. The molecular weight excluding hydrogens is 390 g/mol. The number of anilines is 4. The second-order valence-electron chi connectivity index (χ2n) is 6.44. The molecule has 0 spiro atoms. The molecule has 4 N–H and O–H groups in total. The van der Waals surface area contributed by atoms with Gasteiger partial charge >= 0.3 is 0 Å². The van der Waals surface area contributed by atoms with Crippen LogP contribution in [0.3, 0.4) is 0 Å². The first kappa shape index (κ1) is 20.5. The molecule has 8 heteroatoms. The van der Waals surface area contributed by atoms with E-state index in [2.05, 4.69) is 20.6 Å². The van der Waals surface area contributed by atoms with E-state index in [1.54, 1.807) is 14.2 Å². The standard InChI is InChI=1S/C21H24ClN5O2/c1-13-4-6-15(11-16(13)22)27-21-19(23)20(25-12-26-21)24-9-8-14-5-7-17(28-2)18(10-14)29-3/h4-7,10-12H,8-9,23H2,1-3H3,(H2,24,25,26,27). The molecular formula is C21H24ClN5O2. The molecule has 0 atom stereocenters. The molecule has 1 heterocycles. The summed E-state index contributed by atoms with van der Waals surface area (Å²) in [5, 5.41) is 7.12. The Balaban J connectivity index is 1.66. The van der Waals surface area contributed by atoms with Gasteiger partial charge in [0, 0.05) is 17.3 Å². The number of ether oxygens (including phenoxy) is 2. The van der Waals surface area contributed by atoms with Crippen LogP contribution in [0, 0.1) is 6.92 Å². The summed E-state index contributed by atoms with van der Waals surface area (Å²) in [5.41, 5.74) is 9.60. The van der Waals surface area contributed by atoms with Crippen LogP contribution in [0.4, 0.5) is 23.0 Å². The summed E-state index contributed by atoms with van der Waals surface area (Å²) in [4.78, 5) is 8.48. The van der Waals surface area contributed by atoms with Gasteiger partial charge in [0.2, 0.25) is 0 Å². The summed E-state index contributed by atoms with van der Waals surface area (Å²) < 4.78 is 10.6. The van der Waals surface area contributed by atoms with Crippen molar-refractivity contribution in [1.82, 2.24) is 9.97 Å². The molecule has 0 saturated heterocycles. The predicted molar refractivity (Wildman–Crippen MR) is 118 cm³/mol. The predicted octanol–water partition coefficient (Wildman–Crippen LogP) is 4.44. The van der Waals surface area contributed by atoms with Gasteiger partial charge in [0.25, 0.3) is 0 Å². The molecule has 152 valence electrons. The number of hydrogen-bond acceptors (Lipinski definition) is 7. The van der Waals surface area contributed by atoms with Crippen LogP contribution in [-0.2, 0) is 6.42 Å². The number of nitrogens with one attached hydrogen (secondary N) is 2. The van der Waals surface area contributed by atoms with Crippen molar-refractivity contribution in [3.8, 4) is 11.5 Å². The van der Waals surface area contributed by atoms with E-state index in [0.717, 1.165) is 23.2 Å². The minimum atomic E-state index is 0.441. The number of nitrogens with two attached hydrogens (primary N) is 1. The van der Waals surface area contributed by atoms with Crippen LogP contribution in [-0.4, -0.2) is 30.7 Å². The van der Waals surface area contributed by atoms with Gasteiger partial charge in [-0.3, -0.25) is 0 Å². The summed E-state index contributed by atoms with van der Waals surface area (Å²) in [6.45, 7) is 2.60. The second kappa shape index (κ2) is 9.34. The maximum absolute atomic E-state index is 6.24. The van der Waals surface area contributed by atoms with Crippen molar-refractivity contribution in [2.45, 2.75) is 13.3 Å². The highest BCUT2D eigenvalue weighted by molar-refractivity contribution is 6.31. The van der Waals surface area contributed by atoms with Crippen molar-refractivity contribution >= 4 is 34.6 Å². The van der Waals surface area contributed by atoms with Crippen LogP contribution in [0.15, 0.2) is 42.7 Å². The largest absolute Gasteiger partial charge is 0.493 e. The summed E-state index contributed by atoms with van der Waals surface area (Å²) in [6, 6.07) is 11.5. The molecule has 1 aromatic heterocycles. The number of aryl methyl sites for hydroxylation is 1. The Morgan fingerprint density at radius 1 is 1.00 bits per heavy atom. The Morgan fingerprint density at radius 3 is 2.48 bits per heavy atom. The maximum Gasteiger partial charge on any atom is 0.160 e. The fourth-order valence-corrected chi connectivity index (χ4v) is 2.99. The smallest absolute Gasteiger partial charge is 0.160 e. The van der Waals surface area contributed by atoms with Crippen molar-refractivity contribution in [2.24, 2.45) is 0 Å². The molecule has 0 aliphatic heterocycles. The molecule has 0 unspecified atom stereocenters. The van der Waals surface area contributed by atoms with Crippen molar-refractivity contribution in [3.05, 3.63) is 58.9 Å².